The largest absolute Gasteiger partial charge is 0.468 e. The molecule has 0 aliphatic heterocycles. The molecule has 0 bridgehead atoms. The monoisotopic (exact) mass is 244 g/mol. The maximum atomic E-state index is 10.8. The van der Waals surface area contributed by atoms with E-state index in [1.165, 1.54) is 7.11 Å². The summed E-state index contributed by atoms with van der Waals surface area (Å²) < 4.78 is 5.20. The summed E-state index contributed by atoms with van der Waals surface area (Å²) in [5, 5.41) is 2.89. The lowest BCUT2D eigenvalue weighted by Gasteiger charge is -2.03. The molecule has 0 amide bonds. The van der Waals surface area contributed by atoms with Gasteiger partial charge < -0.3 is 10.1 Å². The van der Waals surface area contributed by atoms with Crippen LogP contribution in [0.4, 0.5) is 5.69 Å². The zero-order chi connectivity index (χ0) is 9.68. The average Bonchev–Trinajstić information content (AvgIpc) is 2.14. The Morgan fingerprint density at radius 1 is 1.77 bits per heavy atom. The second kappa shape index (κ2) is 4.81. The second-order valence-corrected chi connectivity index (χ2v) is 3.11. The third kappa shape index (κ3) is 3.42. The van der Waals surface area contributed by atoms with E-state index in [0.717, 1.165) is 10.3 Å². The van der Waals surface area contributed by atoms with Crippen molar-refractivity contribution in [1.29, 1.82) is 0 Å². The highest BCUT2D eigenvalue weighted by atomic mass is 79.9. The van der Waals surface area contributed by atoms with Crippen molar-refractivity contribution in [2.24, 2.45) is 0 Å². The van der Waals surface area contributed by atoms with Gasteiger partial charge in [0.15, 0.2) is 0 Å². The number of aromatic nitrogens is 1. The minimum Gasteiger partial charge on any atom is -0.468 e. The number of rotatable bonds is 3. The van der Waals surface area contributed by atoms with Crippen LogP contribution < -0.4 is 5.32 Å². The summed E-state index contributed by atoms with van der Waals surface area (Å²) >= 11 is 3.22. The zero-order valence-corrected chi connectivity index (χ0v) is 8.67. The Hall–Kier alpha value is -1.10. The molecule has 0 spiro atoms. The lowest BCUT2D eigenvalue weighted by Crippen LogP contribution is -2.14. The minimum absolute atomic E-state index is 0.160. The van der Waals surface area contributed by atoms with Crippen LogP contribution in [0.5, 0.6) is 0 Å². The fourth-order valence-corrected chi connectivity index (χ4v) is 1.12. The van der Waals surface area contributed by atoms with Gasteiger partial charge in [-0.15, -0.1) is 0 Å². The van der Waals surface area contributed by atoms with E-state index in [1.807, 2.05) is 0 Å². The van der Waals surface area contributed by atoms with Gasteiger partial charge in [0.1, 0.15) is 11.1 Å². The highest BCUT2D eigenvalue weighted by molar-refractivity contribution is 9.10. The molecule has 0 atom stereocenters. The summed E-state index contributed by atoms with van der Waals surface area (Å²) in [5.41, 5.74) is 0.826. The van der Waals surface area contributed by atoms with Crippen LogP contribution in [0.2, 0.25) is 0 Å². The van der Waals surface area contributed by atoms with E-state index in [2.05, 4.69) is 31.0 Å². The second-order valence-electron chi connectivity index (χ2n) is 2.30. The maximum absolute atomic E-state index is 10.8. The third-order valence-corrected chi connectivity index (χ3v) is 1.82. The minimum atomic E-state index is -0.298. The highest BCUT2D eigenvalue weighted by Gasteiger charge is 1.99. The normalized spacial score (nSPS) is 9.38. The van der Waals surface area contributed by atoms with Crippen LogP contribution in [0.15, 0.2) is 22.9 Å². The van der Waals surface area contributed by atoms with Crippen molar-refractivity contribution in [3.63, 3.8) is 0 Å². The van der Waals surface area contributed by atoms with Gasteiger partial charge in [-0.3, -0.25) is 4.79 Å². The van der Waals surface area contributed by atoms with Gasteiger partial charge in [0, 0.05) is 11.9 Å². The number of halogens is 1. The summed E-state index contributed by atoms with van der Waals surface area (Å²) in [6.45, 7) is 0.160. The van der Waals surface area contributed by atoms with E-state index in [-0.39, 0.29) is 12.5 Å². The molecule has 0 saturated heterocycles. The number of nitrogens with zero attached hydrogens (tertiary/aromatic N) is 1. The average molecular weight is 245 g/mol. The van der Waals surface area contributed by atoms with Crippen LogP contribution in [-0.2, 0) is 9.53 Å². The molecule has 0 fully saturated rings. The topological polar surface area (TPSA) is 51.2 Å². The first-order chi connectivity index (χ1) is 6.22. The number of carbonyl (C=O) groups excluding carboxylic acids is 1. The van der Waals surface area contributed by atoms with Crippen molar-refractivity contribution in [3.8, 4) is 0 Å². The molecule has 13 heavy (non-hydrogen) atoms. The third-order valence-electron chi connectivity index (χ3n) is 1.39. The van der Waals surface area contributed by atoms with Crippen LogP contribution >= 0.6 is 15.9 Å². The number of anilines is 1. The lowest BCUT2D eigenvalue weighted by atomic mass is 10.4. The van der Waals surface area contributed by atoms with Gasteiger partial charge in [-0.05, 0) is 28.1 Å². The van der Waals surface area contributed by atoms with Crippen molar-refractivity contribution in [3.05, 3.63) is 22.9 Å². The molecular weight excluding hydrogens is 236 g/mol. The summed E-state index contributed by atoms with van der Waals surface area (Å²) in [5.74, 6) is -0.298. The number of pyridine rings is 1. The molecule has 1 N–H and O–H groups in total. The molecule has 0 radical (unpaired) electrons. The fraction of sp³-hybridized carbons (Fsp3) is 0.250. The van der Waals surface area contributed by atoms with E-state index < -0.39 is 0 Å². The summed E-state index contributed by atoms with van der Waals surface area (Å²) in [7, 11) is 1.35. The summed E-state index contributed by atoms with van der Waals surface area (Å²) in [6.07, 6.45) is 1.64. The molecule has 70 valence electrons. The van der Waals surface area contributed by atoms with Crippen molar-refractivity contribution in [2.45, 2.75) is 0 Å². The van der Waals surface area contributed by atoms with Gasteiger partial charge in [0.2, 0.25) is 0 Å². The molecule has 1 aromatic heterocycles. The van der Waals surface area contributed by atoms with Crippen molar-refractivity contribution in [2.75, 3.05) is 19.0 Å². The molecule has 0 saturated carbocycles. The SMILES string of the molecule is COC(=O)CNc1ccnc(Br)c1. The van der Waals surface area contributed by atoms with E-state index >= 15 is 0 Å². The predicted molar refractivity (Wildman–Crippen MR) is 52.4 cm³/mol. The Morgan fingerprint density at radius 3 is 3.15 bits per heavy atom. The number of nitrogens with one attached hydrogen (secondary N) is 1. The molecule has 1 rings (SSSR count). The first kappa shape index (κ1) is 9.98. The van der Waals surface area contributed by atoms with Gasteiger partial charge in [-0.25, -0.2) is 4.98 Å². The van der Waals surface area contributed by atoms with E-state index in [4.69, 9.17) is 0 Å². The lowest BCUT2D eigenvalue weighted by molar-refractivity contribution is -0.138. The predicted octanol–water partition coefficient (Wildman–Crippen LogP) is 1.43. The van der Waals surface area contributed by atoms with Gasteiger partial charge in [0.25, 0.3) is 0 Å². The van der Waals surface area contributed by atoms with Crippen LogP contribution in [-0.4, -0.2) is 24.6 Å². The Morgan fingerprint density at radius 2 is 2.54 bits per heavy atom. The van der Waals surface area contributed by atoms with Crippen molar-refractivity contribution in [1.82, 2.24) is 4.98 Å². The summed E-state index contributed by atoms with van der Waals surface area (Å²) in [6, 6.07) is 3.55. The number of hydrogen-bond donors (Lipinski definition) is 1. The van der Waals surface area contributed by atoms with Crippen molar-refractivity contribution >= 4 is 27.6 Å². The van der Waals surface area contributed by atoms with Crippen LogP contribution in [0.3, 0.4) is 0 Å². The van der Waals surface area contributed by atoms with Gasteiger partial charge in [-0.2, -0.15) is 0 Å². The highest BCUT2D eigenvalue weighted by Crippen LogP contribution is 2.11. The molecule has 0 unspecified atom stereocenters. The van der Waals surface area contributed by atoms with Crippen LogP contribution in [0.1, 0.15) is 0 Å². The molecule has 0 aliphatic rings. The van der Waals surface area contributed by atoms with Gasteiger partial charge >= 0.3 is 5.97 Å². The van der Waals surface area contributed by atoms with E-state index in [1.54, 1.807) is 18.3 Å². The number of esters is 1. The molecular formula is C8H9BrN2O2. The molecule has 4 nitrogen and oxygen atoms in total. The molecule has 0 aromatic carbocycles. The quantitative estimate of drug-likeness (QED) is 0.646. The van der Waals surface area contributed by atoms with E-state index in [0.29, 0.717) is 0 Å². The number of methoxy groups -OCH3 is 1. The number of carbonyl (C=O) groups is 1. The van der Waals surface area contributed by atoms with Crippen LogP contribution in [0.25, 0.3) is 0 Å². The smallest absolute Gasteiger partial charge is 0.325 e. The van der Waals surface area contributed by atoms with E-state index in [9.17, 15) is 4.79 Å². The maximum Gasteiger partial charge on any atom is 0.325 e. The van der Waals surface area contributed by atoms with Gasteiger partial charge in [0.05, 0.1) is 7.11 Å². The number of hydrogen-bond acceptors (Lipinski definition) is 4. The Kier molecular flexibility index (Phi) is 3.70. The standard InChI is InChI=1S/C8H9BrN2O2/c1-13-8(12)5-11-6-2-3-10-7(9)4-6/h2-4H,5H2,1H3,(H,10,11). The molecule has 5 heteroatoms. The molecule has 0 aliphatic carbocycles. The number of ether oxygens (including phenoxy) is 1. The zero-order valence-electron chi connectivity index (χ0n) is 7.08. The Balaban J connectivity index is 2.50. The Labute approximate surface area is 84.4 Å². The fourth-order valence-electron chi connectivity index (χ4n) is 0.759. The van der Waals surface area contributed by atoms with Crippen molar-refractivity contribution < 1.29 is 9.53 Å². The van der Waals surface area contributed by atoms with Crippen LogP contribution in [0, 0.1) is 0 Å². The first-order valence-corrected chi connectivity index (χ1v) is 4.44. The van der Waals surface area contributed by atoms with Gasteiger partial charge in [-0.1, -0.05) is 0 Å². The first-order valence-electron chi connectivity index (χ1n) is 3.64. The molecule has 1 heterocycles. The Bertz CT molecular complexity index is 304. The molecule has 1 aromatic rings. The summed E-state index contributed by atoms with van der Waals surface area (Å²) in [4.78, 5) is 14.7.